The number of fused-ring (bicyclic) bond motifs is 1. The molecule has 1 aliphatic carbocycles. The highest BCUT2D eigenvalue weighted by atomic mass is 16.5. The second-order valence-corrected chi connectivity index (χ2v) is 7.97. The minimum atomic E-state index is -0.146. The number of rotatable bonds is 6. The molecule has 1 aliphatic rings. The van der Waals surface area contributed by atoms with E-state index in [2.05, 4.69) is 37.4 Å². The van der Waals surface area contributed by atoms with Crippen molar-refractivity contribution >= 4 is 16.8 Å². The maximum absolute atomic E-state index is 13.6. The lowest BCUT2D eigenvalue weighted by Gasteiger charge is -2.23. The minimum absolute atomic E-state index is 0.0525. The Morgan fingerprint density at radius 1 is 1.16 bits per heavy atom. The number of pyridine rings is 1. The van der Waals surface area contributed by atoms with Gasteiger partial charge in [-0.1, -0.05) is 80.6 Å². The molecule has 2 atom stereocenters. The van der Waals surface area contributed by atoms with Crippen LogP contribution in [0.4, 0.5) is 0 Å². The number of nitrogens with one attached hydrogen (secondary N) is 1. The van der Waals surface area contributed by atoms with E-state index in [-0.39, 0.29) is 11.9 Å². The van der Waals surface area contributed by atoms with Gasteiger partial charge in [-0.25, -0.2) is 4.98 Å². The van der Waals surface area contributed by atoms with Crippen molar-refractivity contribution in [2.24, 2.45) is 5.92 Å². The van der Waals surface area contributed by atoms with E-state index in [0.29, 0.717) is 22.9 Å². The Labute approximate surface area is 183 Å². The third-order valence-corrected chi connectivity index (χ3v) is 5.74. The van der Waals surface area contributed by atoms with Crippen LogP contribution >= 0.6 is 0 Å². The van der Waals surface area contributed by atoms with E-state index in [1.54, 1.807) is 7.11 Å². The first-order chi connectivity index (χ1) is 15.1. The first-order valence-corrected chi connectivity index (χ1v) is 10.8. The molecule has 4 nitrogen and oxygen atoms in total. The maximum atomic E-state index is 13.6. The summed E-state index contributed by atoms with van der Waals surface area (Å²) >= 11 is 0. The number of hydrogen-bond acceptors (Lipinski definition) is 3. The molecular weight excluding hydrogens is 384 g/mol. The summed E-state index contributed by atoms with van der Waals surface area (Å²) in [5, 5.41) is 4.04. The summed E-state index contributed by atoms with van der Waals surface area (Å²) in [5.41, 5.74) is 4.04. The highest BCUT2D eigenvalue weighted by Gasteiger charge is 2.25. The van der Waals surface area contributed by atoms with E-state index in [4.69, 9.17) is 9.72 Å². The van der Waals surface area contributed by atoms with Crippen LogP contribution in [0.25, 0.3) is 22.2 Å². The van der Waals surface area contributed by atoms with Gasteiger partial charge in [0.2, 0.25) is 0 Å². The third kappa shape index (κ3) is 4.24. The first-order valence-electron chi connectivity index (χ1n) is 10.8. The van der Waals surface area contributed by atoms with Crippen LogP contribution in [0.15, 0.2) is 78.4 Å². The Bertz CT molecular complexity index is 1150. The zero-order valence-electron chi connectivity index (χ0n) is 18.3. The van der Waals surface area contributed by atoms with Crippen molar-refractivity contribution in [1.82, 2.24) is 10.3 Å². The van der Waals surface area contributed by atoms with Gasteiger partial charge in [-0.3, -0.25) is 4.79 Å². The molecule has 4 heteroatoms. The van der Waals surface area contributed by atoms with Crippen LogP contribution in [0.1, 0.15) is 37.0 Å². The summed E-state index contributed by atoms with van der Waals surface area (Å²) in [4.78, 5) is 18.5. The normalized spacial score (nSPS) is 16.6. The smallest absolute Gasteiger partial charge is 0.256 e. The number of hydrogen-bond donors (Lipinski definition) is 1. The van der Waals surface area contributed by atoms with Gasteiger partial charge in [0, 0.05) is 10.9 Å². The van der Waals surface area contributed by atoms with E-state index in [0.717, 1.165) is 34.9 Å². The van der Waals surface area contributed by atoms with Gasteiger partial charge < -0.3 is 10.1 Å². The van der Waals surface area contributed by atoms with Gasteiger partial charge in [-0.15, -0.1) is 0 Å². The van der Waals surface area contributed by atoms with Crippen molar-refractivity contribution < 1.29 is 9.53 Å². The number of allylic oxidation sites excluding steroid dienone is 2. The minimum Gasteiger partial charge on any atom is -0.494 e. The van der Waals surface area contributed by atoms with Crippen LogP contribution in [0, 0.1) is 5.92 Å². The van der Waals surface area contributed by atoms with Crippen molar-refractivity contribution in [3.05, 3.63) is 84.0 Å². The highest BCUT2D eigenvalue weighted by molar-refractivity contribution is 6.10. The number of nitrogens with zero attached hydrogens (tertiary/aromatic N) is 1. The molecule has 0 radical (unpaired) electrons. The van der Waals surface area contributed by atoms with Gasteiger partial charge in [0.05, 0.1) is 24.2 Å². The second-order valence-electron chi connectivity index (χ2n) is 7.97. The van der Waals surface area contributed by atoms with Gasteiger partial charge in [0.25, 0.3) is 5.91 Å². The van der Waals surface area contributed by atoms with E-state index in [1.807, 2.05) is 54.6 Å². The Morgan fingerprint density at radius 3 is 2.61 bits per heavy atom. The SMILES string of the molecule is CCC(NC(=O)c1c(OC)c(-c2ccccc2)nc2ccccc12)C1=CC(C)CC=C1. The van der Waals surface area contributed by atoms with Gasteiger partial charge in [-0.2, -0.15) is 0 Å². The predicted octanol–water partition coefficient (Wildman–Crippen LogP) is 5.94. The number of ether oxygens (including phenoxy) is 1. The average molecular weight is 413 g/mol. The van der Waals surface area contributed by atoms with Crippen LogP contribution < -0.4 is 10.1 Å². The molecule has 1 heterocycles. The molecule has 31 heavy (non-hydrogen) atoms. The average Bonchev–Trinajstić information content (AvgIpc) is 2.81. The van der Waals surface area contributed by atoms with Crippen LogP contribution in [0.3, 0.4) is 0 Å². The maximum Gasteiger partial charge on any atom is 0.256 e. The number of carbonyl (C=O) groups is 1. The molecule has 0 aliphatic heterocycles. The lowest BCUT2D eigenvalue weighted by atomic mass is 9.92. The quantitative estimate of drug-likeness (QED) is 0.545. The van der Waals surface area contributed by atoms with E-state index < -0.39 is 0 Å². The molecule has 0 saturated heterocycles. The Kier molecular flexibility index (Phi) is 6.17. The monoisotopic (exact) mass is 412 g/mol. The van der Waals surface area contributed by atoms with E-state index >= 15 is 0 Å². The van der Waals surface area contributed by atoms with Crippen LogP contribution in [-0.2, 0) is 0 Å². The van der Waals surface area contributed by atoms with Crippen molar-refractivity contribution in [3.8, 4) is 17.0 Å². The third-order valence-electron chi connectivity index (χ3n) is 5.74. The Balaban J connectivity index is 1.82. The number of para-hydroxylation sites is 1. The van der Waals surface area contributed by atoms with E-state index in [1.165, 1.54) is 0 Å². The highest BCUT2D eigenvalue weighted by Crippen LogP contribution is 2.36. The summed E-state index contributed by atoms with van der Waals surface area (Å²) in [6, 6.07) is 17.5. The van der Waals surface area contributed by atoms with Gasteiger partial charge >= 0.3 is 0 Å². The molecule has 0 spiro atoms. The number of aromatic nitrogens is 1. The number of amides is 1. The summed E-state index contributed by atoms with van der Waals surface area (Å²) in [6.45, 7) is 4.29. The Hall–Kier alpha value is -3.40. The van der Waals surface area contributed by atoms with Crippen LogP contribution in [0.2, 0.25) is 0 Å². The van der Waals surface area contributed by atoms with Crippen LogP contribution in [0.5, 0.6) is 5.75 Å². The molecule has 1 aromatic heterocycles. The largest absolute Gasteiger partial charge is 0.494 e. The van der Waals surface area contributed by atoms with Crippen LogP contribution in [-0.4, -0.2) is 24.0 Å². The molecule has 3 aromatic rings. The standard InChI is InChI=1S/C27H28N2O2/c1-4-22(20-14-10-11-18(2)17-20)29-27(30)24-21-15-8-9-16-23(21)28-25(26(24)31-3)19-12-6-5-7-13-19/h5-10,12-18,22H,4,11H2,1-3H3,(H,29,30). The summed E-state index contributed by atoms with van der Waals surface area (Å²) in [5.74, 6) is 0.831. The zero-order chi connectivity index (χ0) is 21.8. The summed E-state index contributed by atoms with van der Waals surface area (Å²) in [6.07, 6.45) is 8.42. The molecule has 0 bridgehead atoms. The van der Waals surface area contributed by atoms with Crippen molar-refractivity contribution in [1.29, 1.82) is 0 Å². The van der Waals surface area contributed by atoms with Crippen molar-refractivity contribution in [2.75, 3.05) is 7.11 Å². The number of methoxy groups -OCH3 is 1. The molecule has 4 rings (SSSR count). The van der Waals surface area contributed by atoms with Gasteiger partial charge in [0.1, 0.15) is 5.69 Å². The fraction of sp³-hybridized carbons (Fsp3) is 0.259. The molecule has 1 amide bonds. The summed E-state index contributed by atoms with van der Waals surface area (Å²) < 4.78 is 5.79. The molecular formula is C27H28N2O2. The topological polar surface area (TPSA) is 51.2 Å². The lowest BCUT2D eigenvalue weighted by molar-refractivity contribution is 0.0941. The van der Waals surface area contributed by atoms with Crippen molar-refractivity contribution in [3.63, 3.8) is 0 Å². The fourth-order valence-corrected chi connectivity index (χ4v) is 4.17. The number of benzene rings is 2. The fourth-order valence-electron chi connectivity index (χ4n) is 4.17. The number of carbonyl (C=O) groups excluding carboxylic acids is 1. The van der Waals surface area contributed by atoms with Gasteiger partial charge in [0.15, 0.2) is 5.75 Å². The Morgan fingerprint density at radius 2 is 1.90 bits per heavy atom. The molecule has 2 aromatic carbocycles. The van der Waals surface area contributed by atoms with Crippen molar-refractivity contribution in [2.45, 2.75) is 32.7 Å². The first kappa shape index (κ1) is 20.9. The van der Waals surface area contributed by atoms with Gasteiger partial charge in [-0.05, 0) is 30.4 Å². The molecule has 1 N–H and O–H groups in total. The van der Waals surface area contributed by atoms with E-state index in [9.17, 15) is 4.79 Å². The summed E-state index contributed by atoms with van der Waals surface area (Å²) in [7, 11) is 1.60. The molecule has 0 saturated carbocycles. The molecule has 0 fully saturated rings. The lowest BCUT2D eigenvalue weighted by Crippen LogP contribution is -2.36. The predicted molar refractivity (Wildman–Crippen MR) is 126 cm³/mol. The molecule has 158 valence electrons. The zero-order valence-corrected chi connectivity index (χ0v) is 18.3. The second kappa shape index (κ2) is 9.17. The molecule has 2 unspecified atom stereocenters.